The second-order valence-corrected chi connectivity index (χ2v) is 10.8. The van der Waals surface area contributed by atoms with Gasteiger partial charge in [-0.15, -0.1) is 0 Å². The Balaban J connectivity index is 1.60. The van der Waals surface area contributed by atoms with Gasteiger partial charge in [-0.25, -0.2) is 9.97 Å². The summed E-state index contributed by atoms with van der Waals surface area (Å²) in [5.41, 5.74) is 5.98. The average Bonchev–Trinajstić information content (AvgIpc) is 3.57. The van der Waals surface area contributed by atoms with E-state index < -0.39 is 17.7 Å². The molecule has 1 N–H and O–H groups in total. The molecular formula is C30H26N4O4S. The number of nitrogens with zero attached hydrogens (tertiary/aromatic N) is 4. The van der Waals surface area contributed by atoms with E-state index in [2.05, 4.69) is 4.98 Å². The van der Waals surface area contributed by atoms with Gasteiger partial charge in [0.2, 0.25) is 0 Å². The zero-order chi connectivity index (χ0) is 27.6. The Bertz CT molecular complexity index is 1850. The van der Waals surface area contributed by atoms with Gasteiger partial charge in [0.25, 0.3) is 5.78 Å². The van der Waals surface area contributed by atoms with Gasteiger partial charge in [-0.05, 0) is 74.2 Å². The molecule has 5 aromatic rings. The molecule has 39 heavy (non-hydrogen) atoms. The third kappa shape index (κ3) is 3.80. The van der Waals surface area contributed by atoms with E-state index >= 15 is 0 Å². The highest BCUT2D eigenvalue weighted by Crippen LogP contribution is 2.45. The second kappa shape index (κ2) is 9.06. The Hall–Kier alpha value is -4.50. The molecule has 1 aliphatic rings. The van der Waals surface area contributed by atoms with E-state index in [4.69, 9.17) is 9.72 Å². The number of ketones is 1. The summed E-state index contributed by atoms with van der Waals surface area (Å²) in [7, 11) is 1.57. The van der Waals surface area contributed by atoms with Gasteiger partial charge in [0.1, 0.15) is 17.1 Å². The second-order valence-electron chi connectivity index (χ2n) is 9.80. The molecule has 0 aliphatic carbocycles. The highest BCUT2D eigenvalue weighted by Gasteiger charge is 2.48. The van der Waals surface area contributed by atoms with Crippen LogP contribution in [0.5, 0.6) is 5.75 Å². The maximum atomic E-state index is 13.6. The topological polar surface area (TPSA) is 97.0 Å². The molecule has 0 radical (unpaired) electrons. The van der Waals surface area contributed by atoms with E-state index in [1.165, 1.54) is 16.2 Å². The fourth-order valence-electron chi connectivity index (χ4n) is 5.27. The van der Waals surface area contributed by atoms with Crippen molar-refractivity contribution in [1.82, 2.24) is 14.4 Å². The normalized spacial score (nSPS) is 17.1. The van der Waals surface area contributed by atoms with Gasteiger partial charge < -0.3 is 14.2 Å². The van der Waals surface area contributed by atoms with Gasteiger partial charge in [-0.1, -0.05) is 35.6 Å². The highest BCUT2D eigenvalue weighted by molar-refractivity contribution is 7.22. The Morgan fingerprint density at radius 1 is 1.00 bits per heavy atom. The van der Waals surface area contributed by atoms with Gasteiger partial charge in [0, 0.05) is 6.20 Å². The van der Waals surface area contributed by atoms with Crippen molar-refractivity contribution in [3.63, 3.8) is 0 Å². The Labute approximate surface area is 228 Å². The van der Waals surface area contributed by atoms with Gasteiger partial charge in [0.05, 0.1) is 34.6 Å². The molecule has 1 atom stereocenters. The Kier molecular flexibility index (Phi) is 5.76. The number of aliphatic hydroxyl groups excluding tert-OH is 1. The van der Waals surface area contributed by atoms with Crippen LogP contribution >= 0.6 is 11.3 Å². The molecule has 1 aliphatic heterocycles. The standard InChI is InChI=1S/C30H26N4O4S/c1-15-13-17(3)23-21(14-15)39-30(32-23)34-25(19-8-10-20(38-5)11-9-19)22(27(36)29(34)37)26(35)24-18(4)33-12-6-7-16(2)28(33)31-24/h6-14,25,35H,1-5H3/b26-22+. The van der Waals surface area contributed by atoms with Gasteiger partial charge >= 0.3 is 5.91 Å². The lowest BCUT2D eigenvalue weighted by atomic mass is 9.96. The van der Waals surface area contributed by atoms with Gasteiger partial charge in [-0.2, -0.15) is 0 Å². The van der Waals surface area contributed by atoms with Crippen LogP contribution in [-0.4, -0.2) is 38.3 Å². The number of carbonyl (C=O) groups is 2. The van der Waals surface area contributed by atoms with Crippen LogP contribution in [0.15, 0.2) is 60.3 Å². The Morgan fingerprint density at radius 2 is 1.74 bits per heavy atom. The first-order chi connectivity index (χ1) is 18.7. The summed E-state index contributed by atoms with van der Waals surface area (Å²) in [4.78, 5) is 38.1. The molecule has 9 heteroatoms. The third-order valence-electron chi connectivity index (χ3n) is 7.21. The lowest BCUT2D eigenvalue weighted by Gasteiger charge is -2.23. The van der Waals surface area contributed by atoms with Crippen LogP contribution in [0, 0.1) is 27.7 Å². The van der Waals surface area contributed by atoms with Crippen LogP contribution in [0.25, 0.3) is 21.6 Å². The smallest absolute Gasteiger partial charge is 0.301 e. The number of rotatable bonds is 4. The zero-order valence-corrected chi connectivity index (χ0v) is 23.0. The van der Waals surface area contributed by atoms with E-state index in [0.717, 1.165) is 26.9 Å². The fourth-order valence-corrected chi connectivity index (χ4v) is 6.44. The summed E-state index contributed by atoms with van der Waals surface area (Å²) >= 11 is 1.35. The van der Waals surface area contributed by atoms with Crippen molar-refractivity contribution < 1.29 is 19.4 Å². The molecule has 1 unspecified atom stereocenters. The molecule has 8 nitrogen and oxygen atoms in total. The molecule has 0 saturated carbocycles. The number of Topliss-reactive ketones (excluding diaryl/α,β-unsaturated/α-hetero) is 1. The van der Waals surface area contributed by atoms with Crippen molar-refractivity contribution in [3.05, 3.63) is 93.9 Å². The number of hydrogen-bond donors (Lipinski definition) is 1. The number of ether oxygens (including phenoxy) is 1. The minimum atomic E-state index is -0.900. The summed E-state index contributed by atoms with van der Waals surface area (Å²) in [6.07, 6.45) is 1.85. The number of hydrogen-bond acceptors (Lipinski definition) is 7. The highest BCUT2D eigenvalue weighted by atomic mass is 32.1. The van der Waals surface area contributed by atoms with Gasteiger partial charge in [-0.3, -0.25) is 14.5 Å². The molecule has 2 aromatic carbocycles. The van der Waals surface area contributed by atoms with Crippen molar-refractivity contribution in [3.8, 4) is 5.75 Å². The average molecular weight is 539 g/mol. The quantitative estimate of drug-likeness (QED) is 0.176. The minimum Gasteiger partial charge on any atom is -0.505 e. The first kappa shape index (κ1) is 24.8. The summed E-state index contributed by atoms with van der Waals surface area (Å²) in [5, 5.41) is 12.1. The summed E-state index contributed by atoms with van der Waals surface area (Å²) in [5.74, 6) is -1.21. The van der Waals surface area contributed by atoms with Crippen LogP contribution in [0.4, 0.5) is 5.13 Å². The lowest BCUT2D eigenvalue weighted by molar-refractivity contribution is -0.132. The number of thiazole rings is 1. The summed E-state index contributed by atoms with van der Waals surface area (Å²) < 4.78 is 8.11. The molecule has 6 rings (SSSR count). The van der Waals surface area contributed by atoms with Crippen molar-refractivity contribution in [2.75, 3.05) is 12.0 Å². The molecule has 0 bridgehead atoms. The van der Waals surface area contributed by atoms with E-state index in [1.54, 1.807) is 31.4 Å². The molecule has 1 amide bonds. The van der Waals surface area contributed by atoms with Crippen LogP contribution in [0.2, 0.25) is 0 Å². The number of methoxy groups -OCH3 is 1. The number of aryl methyl sites for hydroxylation is 4. The number of fused-ring (bicyclic) bond motifs is 2. The third-order valence-corrected chi connectivity index (χ3v) is 8.21. The maximum Gasteiger partial charge on any atom is 0.301 e. The van der Waals surface area contributed by atoms with Crippen molar-refractivity contribution in [2.45, 2.75) is 33.7 Å². The molecule has 4 heterocycles. The maximum absolute atomic E-state index is 13.6. The lowest BCUT2D eigenvalue weighted by Crippen LogP contribution is -2.29. The summed E-state index contributed by atoms with van der Waals surface area (Å²) in [6, 6.07) is 14.1. The van der Waals surface area contributed by atoms with E-state index in [0.29, 0.717) is 27.8 Å². The molecule has 3 aromatic heterocycles. The first-order valence-electron chi connectivity index (χ1n) is 12.5. The summed E-state index contributed by atoms with van der Waals surface area (Å²) in [6.45, 7) is 7.74. The number of aliphatic hydroxyl groups is 1. The molecule has 1 saturated heterocycles. The van der Waals surface area contributed by atoms with Crippen LogP contribution in [0.3, 0.4) is 0 Å². The predicted octanol–water partition coefficient (Wildman–Crippen LogP) is 5.81. The molecule has 0 spiro atoms. The number of imidazole rings is 1. The van der Waals surface area contributed by atoms with Crippen LogP contribution in [-0.2, 0) is 9.59 Å². The number of amides is 1. The number of anilines is 1. The molecule has 196 valence electrons. The van der Waals surface area contributed by atoms with Crippen molar-refractivity contribution in [2.24, 2.45) is 0 Å². The predicted molar refractivity (Wildman–Crippen MR) is 152 cm³/mol. The molecule has 1 fully saturated rings. The van der Waals surface area contributed by atoms with E-state index in [9.17, 15) is 14.7 Å². The van der Waals surface area contributed by atoms with E-state index in [1.807, 2.05) is 62.6 Å². The van der Waals surface area contributed by atoms with E-state index in [-0.39, 0.29) is 17.0 Å². The number of pyridine rings is 1. The zero-order valence-electron chi connectivity index (χ0n) is 22.1. The number of carbonyl (C=O) groups excluding carboxylic acids is 2. The van der Waals surface area contributed by atoms with Gasteiger partial charge in [0.15, 0.2) is 10.9 Å². The minimum absolute atomic E-state index is 0.0264. The fraction of sp³-hybridized carbons (Fsp3) is 0.200. The number of benzene rings is 2. The van der Waals surface area contributed by atoms with Crippen LogP contribution in [0.1, 0.15) is 39.7 Å². The van der Waals surface area contributed by atoms with Crippen molar-refractivity contribution >= 4 is 49.8 Å². The number of aromatic nitrogens is 3. The van der Waals surface area contributed by atoms with Crippen LogP contribution < -0.4 is 9.64 Å². The Morgan fingerprint density at radius 3 is 2.44 bits per heavy atom. The largest absolute Gasteiger partial charge is 0.505 e. The SMILES string of the molecule is COc1ccc(C2/C(=C(\O)c3nc4c(C)cccn4c3C)C(=O)C(=O)N2c2nc3c(C)cc(C)cc3s2)cc1. The monoisotopic (exact) mass is 538 g/mol. The first-order valence-corrected chi connectivity index (χ1v) is 13.3. The molecular weight excluding hydrogens is 512 g/mol. The van der Waals surface area contributed by atoms with Crippen molar-refractivity contribution in [1.29, 1.82) is 0 Å².